The molecule has 0 aromatic heterocycles. The fourth-order valence-electron chi connectivity index (χ4n) is 0.826. The van der Waals surface area contributed by atoms with Gasteiger partial charge in [-0.05, 0) is 12.1 Å². The van der Waals surface area contributed by atoms with Crippen molar-refractivity contribution in [2.75, 3.05) is 0 Å². The number of thiocarbonyl (C=S) groups is 1. The van der Waals surface area contributed by atoms with Gasteiger partial charge in [0.15, 0.2) is 0 Å². The van der Waals surface area contributed by atoms with Crippen LogP contribution in [0.2, 0.25) is 0 Å². The summed E-state index contributed by atoms with van der Waals surface area (Å²) in [6, 6.07) is 4.03. The molecule has 0 spiro atoms. The molecular weight excluding hydrogens is 199 g/mol. The van der Waals surface area contributed by atoms with Crippen LogP contribution in [-0.4, -0.2) is 4.99 Å². The molecule has 1 rings (SSSR count). The summed E-state index contributed by atoms with van der Waals surface area (Å²) in [4.78, 5) is -0.960. The van der Waals surface area contributed by atoms with Crippen LogP contribution in [-0.2, 0) is 5.92 Å². The highest BCUT2D eigenvalue weighted by molar-refractivity contribution is 7.80. The maximum Gasteiger partial charge on any atom is 0.322 e. The smallest absolute Gasteiger partial charge is 0.322 e. The average molecular weight is 205 g/mol. The summed E-state index contributed by atoms with van der Waals surface area (Å²) in [5.41, 5.74) is 4.28. The van der Waals surface area contributed by atoms with Crippen LogP contribution in [0.5, 0.6) is 0 Å². The first kappa shape index (κ1) is 9.98. The van der Waals surface area contributed by atoms with Gasteiger partial charge in [0.2, 0.25) is 0 Å². The number of benzene rings is 1. The first-order valence-electron chi connectivity index (χ1n) is 3.38. The molecule has 0 radical (unpaired) electrons. The number of halogens is 3. The third kappa shape index (κ3) is 1.98. The molecule has 0 aliphatic heterocycles. The lowest BCUT2D eigenvalue weighted by molar-refractivity contribution is 0.0772. The Hall–Kier alpha value is -1.10. The Morgan fingerprint density at radius 3 is 2.46 bits per heavy atom. The standard InChI is InChI=1S/C8H6F3NS/c9-6-3-1-2-5(4-6)8(10,11)7(12)13/h1-4H,(H2,12,13). The zero-order valence-corrected chi connectivity index (χ0v) is 7.25. The maximum atomic E-state index is 13.0. The predicted octanol–water partition coefficient (Wildman–Crippen LogP) is 2.20. The lowest BCUT2D eigenvalue weighted by Gasteiger charge is -2.14. The minimum atomic E-state index is -3.45. The molecule has 0 fully saturated rings. The summed E-state index contributed by atoms with van der Waals surface area (Å²) in [5.74, 6) is -4.19. The van der Waals surface area contributed by atoms with Crippen LogP contribution in [0.25, 0.3) is 0 Å². The third-order valence-corrected chi connectivity index (χ3v) is 1.75. The number of hydrogen-bond donors (Lipinski definition) is 1. The first-order valence-corrected chi connectivity index (χ1v) is 3.79. The molecule has 0 saturated carbocycles. The zero-order chi connectivity index (χ0) is 10.1. The van der Waals surface area contributed by atoms with E-state index in [0.717, 1.165) is 12.1 Å². The van der Waals surface area contributed by atoms with Crippen molar-refractivity contribution in [1.29, 1.82) is 0 Å². The summed E-state index contributed by atoms with van der Waals surface area (Å²) < 4.78 is 38.6. The van der Waals surface area contributed by atoms with Crippen molar-refractivity contribution in [2.45, 2.75) is 5.92 Å². The summed E-state index contributed by atoms with van der Waals surface area (Å²) in [6.45, 7) is 0. The van der Waals surface area contributed by atoms with E-state index in [2.05, 4.69) is 12.2 Å². The van der Waals surface area contributed by atoms with E-state index >= 15 is 0 Å². The topological polar surface area (TPSA) is 26.0 Å². The minimum absolute atomic E-state index is 0.528. The fraction of sp³-hybridized carbons (Fsp3) is 0.125. The minimum Gasteiger partial charge on any atom is -0.388 e. The number of rotatable bonds is 2. The Labute approximate surface area is 78.4 Å². The van der Waals surface area contributed by atoms with Crippen LogP contribution in [0.3, 0.4) is 0 Å². The molecule has 2 N–H and O–H groups in total. The van der Waals surface area contributed by atoms with E-state index < -0.39 is 22.3 Å². The van der Waals surface area contributed by atoms with Gasteiger partial charge >= 0.3 is 5.92 Å². The van der Waals surface area contributed by atoms with Crippen LogP contribution >= 0.6 is 12.2 Å². The van der Waals surface area contributed by atoms with Crippen LogP contribution in [0.15, 0.2) is 24.3 Å². The second-order valence-electron chi connectivity index (χ2n) is 2.45. The number of hydrogen-bond acceptors (Lipinski definition) is 1. The predicted molar refractivity (Wildman–Crippen MR) is 47.1 cm³/mol. The second kappa shape index (κ2) is 3.33. The monoisotopic (exact) mass is 205 g/mol. The largest absolute Gasteiger partial charge is 0.388 e. The Morgan fingerprint density at radius 2 is 2.00 bits per heavy atom. The molecule has 0 bridgehead atoms. The van der Waals surface area contributed by atoms with Crippen LogP contribution in [0, 0.1) is 5.82 Å². The number of alkyl halides is 2. The average Bonchev–Trinajstić information content (AvgIpc) is 2.04. The highest BCUT2D eigenvalue weighted by atomic mass is 32.1. The Kier molecular flexibility index (Phi) is 2.56. The lowest BCUT2D eigenvalue weighted by atomic mass is 10.1. The van der Waals surface area contributed by atoms with Crippen molar-refractivity contribution in [2.24, 2.45) is 5.73 Å². The Bertz CT molecular complexity index is 338. The molecule has 1 nitrogen and oxygen atoms in total. The van der Waals surface area contributed by atoms with E-state index in [1.54, 1.807) is 0 Å². The van der Waals surface area contributed by atoms with Gasteiger partial charge in [0.05, 0.1) is 0 Å². The van der Waals surface area contributed by atoms with E-state index in [1.807, 2.05) is 0 Å². The maximum absolute atomic E-state index is 13.0. The van der Waals surface area contributed by atoms with Gasteiger partial charge in [-0.1, -0.05) is 24.4 Å². The first-order chi connectivity index (χ1) is 5.94. The summed E-state index contributed by atoms with van der Waals surface area (Å²) in [7, 11) is 0. The molecule has 0 atom stereocenters. The van der Waals surface area contributed by atoms with Crippen molar-refractivity contribution in [1.82, 2.24) is 0 Å². The molecule has 70 valence electrons. The molecule has 0 saturated heterocycles. The van der Waals surface area contributed by atoms with Gasteiger partial charge in [0.25, 0.3) is 0 Å². The van der Waals surface area contributed by atoms with Crippen molar-refractivity contribution in [3.05, 3.63) is 35.6 Å². The third-order valence-electron chi connectivity index (χ3n) is 1.50. The van der Waals surface area contributed by atoms with E-state index in [0.29, 0.717) is 6.07 Å². The highest BCUT2D eigenvalue weighted by Gasteiger charge is 2.35. The van der Waals surface area contributed by atoms with Crippen LogP contribution in [0.4, 0.5) is 13.2 Å². The molecular formula is C8H6F3NS. The van der Waals surface area contributed by atoms with E-state index in [4.69, 9.17) is 5.73 Å². The van der Waals surface area contributed by atoms with Gasteiger partial charge in [0.1, 0.15) is 10.8 Å². The quantitative estimate of drug-likeness (QED) is 0.749. The van der Waals surface area contributed by atoms with Crippen molar-refractivity contribution in [3.8, 4) is 0 Å². The van der Waals surface area contributed by atoms with Crippen molar-refractivity contribution in [3.63, 3.8) is 0 Å². The van der Waals surface area contributed by atoms with Gasteiger partial charge < -0.3 is 5.73 Å². The summed E-state index contributed by atoms with van der Waals surface area (Å²) >= 11 is 4.16. The molecule has 0 aliphatic carbocycles. The van der Waals surface area contributed by atoms with Gasteiger partial charge in [-0.15, -0.1) is 0 Å². The molecule has 5 heteroatoms. The zero-order valence-electron chi connectivity index (χ0n) is 6.43. The van der Waals surface area contributed by atoms with Crippen molar-refractivity contribution < 1.29 is 13.2 Å². The van der Waals surface area contributed by atoms with Gasteiger partial charge in [-0.2, -0.15) is 8.78 Å². The fourth-order valence-corrected chi connectivity index (χ4v) is 0.944. The van der Waals surface area contributed by atoms with Gasteiger partial charge in [-0.25, -0.2) is 4.39 Å². The van der Waals surface area contributed by atoms with Crippen molar-refractivity contribution >= 4 is 17.2 Å². The lowest BCUT2D eigenvalue weighted by Crippen LogP contribution is -2.31. The molecule has 1 aromatic carbocycles. The van der Waals surface area contributed by atoms with E-state index in [9.17, 15) is 13.2 Å². The van der Waals surface area contributed by atoms with Gasteiger partial charge in [-0.3, -0.25) is 0 Å². The van der Waals surface area contributed by atoms with Crippen LogP contribution in [0.1, 0.15) is 5.56 Å². The molecule has 13 heavy (non-hydrogen) atoms. The molecule has 0 aliphatic rings. The molecule has 0 amide bonds. The van der Waals surface area contributed by atoms with Crippen LogP contribution < -0.4 is 5.73 Å². The highest BCUT2D eigenvalue weighted by Crippen LogP contribution is 2.28. The molecule has 1 aromatic rings. The SMILES string of the molecule is NC(=S)C(F)(F)c1cccc(F)c1. The second-order valence-corrected chi connectivity index (χ2v) is 2.89. The summed E-state index contributed by atoms with van der Waals surface area (Å²) in [5, 5.41) is 0. The Morgan fingerprint density at radius 1 is 1.38 bits per heavy atom. The normalized spacial score (nSPS) is 11.3. The van der Waals surface area contributed by atoms with Gasteiger partial charge in [0, 0.05) is 5.56 Å². The summed E-state index contributed by atoms with van der Waals surface area (Å²) in [6.07, 6.45) is 0. The number of nitrogens with two attached hydrogens (primary N) is 1. The van der Waals surface area contributed by atoms with E-state index in [-0.39, 0.29) is 0 Å². The van der Waals surface area contributed by atoms with E-state index in [1.165, 1.54) is 6.07 Å². The molecule has 0 unspecified atom stereocenters. The Balaban J connectivity index is 3.14. The molecule has 0 heterocycles.